The number of thiophene rings is 1. The first kappa shape index (κ1) is 15.7. The third kappa shape index (κ3) is 3.92. The summed E-state index contributed by atoms with van der Waals surface area (Å²) in [6, 6.07) is 10.4. The molecule has 1 aromatic carbocycles. The van der Waals surface area contributed by atoms with E-state index in [-0.39, 0.29) is 12.2 Å². The van der Waals surface area contributed by atoms with Crippen LogP contribution in [-0.2, 0) is 0 Å². The molecule has 21 heavy (non-hydrogen) atoms. The Bertz CT molecular complexity index is 625. The van der Waals surface area contributed by atoms with Crippen LogP contribution in [0.5, 0.6) is 0 Å². The minimum absolute atomic E-state index is 0.0500. The molecule has 0 radical (unpaired) electrons. The number of halogens is 1. The van der Waals surface area contributed by atoms with E-state index in [1.807, 2.05) is 35.7 Å². The molecule has 1 amide bonds. The maximum atomic E-state index is 12.3. The minimum atomic E-state index is -1.05. The lowest BCUT2D eigenvalue weighted by Gasteiger charge is -2.25. The molecule has 110 valence electrons. The summed E-state index contributed by atoms with van der Waals surface area (Å²) in [5.41, 5.74) is 0.799. The van der Waals surface area contributed by atoms with Crippen molar-refractivity contribution in [2.75, 3.05) is 7.05 Å². The van der Waals surface area contributed by atoms with Gasteiger partial charge in [0.05, 0.1) is 10.9 Å². The van der Waals surface area contributed by atoms with Gasteiger partial charge in [0.25, 0.3) is 0 Å². The molecule has 1 N–H and O–H groups in total. The van der Waals surface area contributed by atoms with Crippen LogP contribution in [0.2, 0.25) is 0 Å². The van der Waals surface area contributed by atoms with Gasteiger partial charge < -0.3 is 10.0 Å². The van der Waals surface area contributed by atoms with Gasteiger partial charge in [0.1, 0.15) is 0 Å². The highest BCUT2D eigenvalue weighted by Crippen LogP contribution is 2.27. The van der Waals surface area contributed by atoms with Crippen molar-refractivity contribution in [3.63, 3.8) is 0 Å². The molecular formula is C15H14BrNO3S. The number of amides is 1. The zero-order chi connectivity index (χ0) is 15.4. The van der Waals surface area contributed by atoms with Crippen molar-refractivity contribution in [1.82, 2.24) is 4.90 Å². The molecule has 0 bridgehead atoms. The fourth-order valence-electron chi connectivity index (χ4n) is 2.01. The number of benzene rings is 1. The van der Waals surface area contributed by atoms with Crippen LogP contribution in [-0.4, -0.2) is 28.9 Å². The number of carbonyl (C=O) groups is 2. The third-order valence-electron chi connectivity index (χ3n) is 3.20. The molecule has 2 rings (SSSR count). The third-order valence-corrected chi connectivity index (χ3v) is 4.64. The van der Waals surface area contributed by atoms with Crippen molar-refractivity contribution in [2.45, 2.75) is 12.5 Å². The molecule has 0 aliphatic rings. The monoisotopic (exact) mass is 367 g/mol. The smallest absolute Gasteiger partial charge is 0.407 e. The van der Waals surface area contributed by atoms with Crippen molar-refractivity contribution < 1.29 is 14.7 Å². The maximum Gasteiger partial charge on any atom is 0.407 e. The van der Waals surface area contributed by atoms with E-state index >= 15 is 0 Å². The van der Waals surface area contributed by atoms with Gasteiger partial charge >= 0.3 is 6.09 Å². The maximum absolute atomic E-state index is 12.3. The lowest BCUT2D eigenvalue weighted by atomic mass is 10.00. The second-order valence-electron chi connectivity index (χ2n) is 4.57. The summed E-state index contributed by atoms with van der Waals surface area (Å²) in [6.07, 6.45) is -0.924. The molecule has 1 unspecified atom stereocenters. The van der Waals surface area contributed by atoms with Crippen LogP contribution in [0.25, 0.3) is 0 Å². The quantitative estimate of drug-likeness (QED) is 0.794. The number of carboxylic acid groups (broad SMARTS) is 1. The minimum Gasteiger partial charge on any atom is -0.465 e. The Morgan fingerprint density at radius 2 is 1.95 bits per heavy atom. The molecule has 4 nitrogen and oxygen atoms in total. The summed E-state index contributed by atoms with van der Waals surface area (Å²) in [5.74, 6) is -0.0500. The average Bonchev–Trinajstić information content (AvgIpc) is 2.99. The normalized spacial score (nSPS) is 11.9. The number of hydrogen-bond donors (Lipinski definition) is 1. The predicted octanol–water partition coefficient (Wildman–Crippen LogP) is 4.43. The highest BCUT2D eigenvalue weighted by molar-refractivity contribution is 9.10. The standard InChI is InChI=1S/C15H14BrNO3S/c1-17(15(19)20)12(10-4-6-11(16)7-5-10)9-13(18)14-3-2-8-21-14/h2-8,12H,9H2,1H3,(H,19,20). The van der Waals surface area contributed by atoms with Crippen molar-refractivity contribution in [3.8, 4) is 0 Å². The van der Waals surface area contributed by atoms with Gasteiger partial charge in [0, 0.05) is 17.9 Å². The summed E-state index contributed by atoms with van der Waals surface area (Å²) in [7, 11) is 1.48. The van der Waals surface area contributed by atoms with E-state index in [4.69, 9.17) is 0 Å². The number of ketones is 1. The van der Waals surface area contributed by atoms with Crippen LogP contribution in [0.1, 0.15) is 27.7 Å². The molecule has 0 saturated heterocycles. The van der Waals surface area contributed by atoms with Crippen molar-refractivity contribution in [2.24, 2.45) is 0 Å². The van der Waals surface area contributed by atoms with Crippen LogP contribution >= 0.6 is 27.3 Å². The Balaban J connectivity index is 2.26. The molecule has 0 saturated carbocycles. The average molecular weight is 368 g/mol. The van der Waals surface area contributed by atoms with E-state index in [0.717, 1.165) is 10.0 Å². The predicted molar refractivity (Wildman–Crippen MR) is 85.9 cm³/mol. The van der Waals surface area contributed by atoms with E-state index < -0.39 is 12.1 Å². The van der Waals surface area contributed by atoms with E-state index in [1.165, 1.54) is 23.3 Å². The lowest BCUT2D eigenvalue weighted by Crippen LogP contribution is -2.31. The number of nitrogens with zero attached hydrogens (tertiary/aromatic N) is 1. The summed E-state index contributed by atoms with van der Waals surface area (Å²) in [6.45, 7) is 0. The highest BCUT2D eigenvalue weighted by atomic mass is 79.9. The number of rotatable bonds is 5. The summed E-state index contributed by atoms with van der Waals surface area (Å²) < 4.78 is 0.910. The first-order chi connectivity index (χ1) is 9.99. The summed E-state index contributed by atoms with van der Waals surface area (Å²) >= 11 is 4.72. The first-order valence-corrected chi connectivity index (χ1v) is 7.94. The van der Waals surface area contributed by atoms with Gasteiger partial charge in [-0.3, -0.25) is 4.79 Å². The molecule has 2 aromatic rings. The Kier molecular flexibility index (Phi) is 5.14. The zero-order valence-corrected chi connectivity index (χ0v) is 13.7. The van der Waals surface area contributed by atoms with Gasteiger partial charge in [0.15, 0.2) is 5.78 Å². The number of carbonyl (C=O) groups excluding carboxylic acids is 1. The Hall–Kier alpha value is -1.66. The Labute approximate surface area is 135 Å². The van der Waals surface area contributed by atoms with Crippen molar-refractivity contribution >= 4 is 39.1 Å². The summed E-state index contributed by atoms with van der Waals surface area (Å²) in [4.78, 5) is 25.3. The van der Waals surface area contributed by atoms with E-state index in [0.29, 0.717) is 4.88 Å². The molecule has 0 fully saturated rings. The van der Waals surface area contributed by atoms with Crippen LogP contribution in [0.4, 0.5) is 4.79 Å². The lowest BCUT2D eigenvalue weighted by molar-refractivity contribution is 0.0928. The van der Waals surface area contributed by atoms with Gasteiger partial charge in [-0.05, 0) is 29.1 Å². The van der Waals surface area contributed by atoms with Crippen molar-refractivity contribution in [3.05, 3.63) is 56.7 Å². The van der Waals surface area contributed by atoms with Crippen LogP contribution in [0.15, 0.2) is 46.3 Å². The largest absolute Gasteiger partial charge is 0.465 e. The van der Waals surface area contributed by atoms with Gasteiger partial charge in [-0.2, -0.15) is 0 Å². The number of hydrogen-bond acceptors (Lipinski definition) is 3. The van der Waals surface area contributed by atoms with E-state index in [1.54, 1.807) is 6.07 Å². The van der Waals surface area contributed by atoms with Crippen LogP contribution < -0.4 is 0 Å². The first-order valence-electron chi connectivity index (χ1n) is 6.27. The number of Topliss-reactive ketones (excluding diaryl/α,β-unsaturated/α-hetero) is 1. The van der Waals surface area contributed by atoms with Gasteiger partial charge in [-0.15, -0.1) is 11.3 Å². The molecular weight excluding hydrogens is 354 g/mol. The van der Waals surface area contributed by atoms with Crippen molar-refractivity contribution in [1.29, 1.82) is 0 Å². The molecule has 0 spiro atoms. The van der Waals surface area contributed by atoms with E-state index in [2.05, 4.69) is 15.9 Å². The van der Waals surface area contributed by atoms with E-state index in [9.17, 15) is 14.7 Å². The van der Waals surface area contributed by atoms with Gasteiger partial charge in [-0.1, -0.05) is 34.1 Å². The van der Waals surface area contributed by atoms with Gasteiger partial charge in [0.2, 0.25) is 0 Å². The van der Waals surface area contributed by atoms with Crippen LogP contribution in [0, 0.1) is 0 Å². The topological polar surface area (TPSA) is 57.6 Å². The second-order valence-corrected chi connectivity index (χ2v) is 6.43. The molecule has 1 aromatic heterocycles. The molecule has 6 heteroatoms. The summed E-state index contributed by atoms with van der Waals surface area (Å²) in [5, 5.41) is 11.1. The molecule has 0 aliphatic carbocycles. The molecule has 1 heterocycles. The Morgan fingerprint density at radius 1 is 1.29 bits per heavy atom. The zero-order valence-electron chi connectivity index (χ0n) is 11.3. The molecule has 0 aliphatic heterocycles. The Morgan fingerprint density at radius 3 is 2.48 bits per heavy atom. The molecule has 1 atom stereocenters. The van der Waals surface area contributed by atoms with Gasteiger partial charge in [-0.25, -0.2) is 4.79 Å². The SMILES string of the molecule is CN(C(=O)O)C(CC(=O)c1cccs1)c1ccc(Br)cc1. The highest BCUT2D eigenvalue weighted by Gasteiger charge is 2.24. The van der Waals surface area contributed by atoms with Crippen LogP contribution in [0.3, 0.4) is 0 Å². The second kappa shape index (κ2) is 6.87. The fraction of sp³-hybridized carbons (Fsp3) is 0.200. The fourth-order valence-corrected chi connectivity index (χ4v) is 2.95.